The van der Waals surface area contributed by atoms with Gasteiger partial charge in [-0.3, -0.25) is 9.59 Å². The Labute approximate surface area is 201 Å². The molecular weight excluding hydrogens is 408 g/mol. The van der Waals surface area contributed by atoms with Crippen LogP contribution in [0.15, 0.2) is 22.8 Å². The number of aliphatic hydroxyl groups is 1. The third-order valence-electron chi connectivity index (χ3n) is 11.5. The summed E-state index contributed by atoms with van der Waals surface area (Å²) in [4.78, 5) is 23.8. The molecule has 0 aliphatic heterocycles. The predicted molar refractivity (Wildman–Crippen MR) is 134 cm³/mol. The Bertz CT molecular complexity index is 894. The van der Waals surface area contributed by atoms with Crippen molar-refractivity contribution in [2.45, 2.75) is 112 Å². The fourth-order valence-electron chi connectivity index (χ4n) is 9.23. The van der Waals surface area contributed by atoms with E-state index < -0.39 is 6.10 Å². The van der Waals surface area contributed by atoms with E-state index in [2.05, 4.69) is 47.6 Å². The Hall–Kier alpha value is -1.22. The minimum Gasteiger partial charge on any atom is -0.389 e. The number of aliphatic hydroxyl groups excluding tert-OH is 1. The van der Waals surface area contributed by atoms with Crippen LogP contribution in [0, 0.1) is 39.4 Å². The van der Waals surface area contributed by atoms with Gasteiger partial charge in [0.25, 0.3) is 0 Å². The number of allylic oxidation sites excluding steroid dienone is 3. The average molecular weight is 455 g/mol. The van der Waals surface area contributed by atoms with Gasteiger partial charge in [0.05, 0.1) is 6.10 Å². The molecule has 4 aliphatic carbocycles. The second-order valence-electron chi connectivity index (χ2n) is 13.3. The molecule has 7 unspecified atom stereocenters. The number of Topliss-reactive ketones (excluding diaryl/α,β-unsaturated/α-hetero) is 1. The highest BCUT2D eigenvalue weighted by Gasteiger charge is 2.65. The van der Waals surface area contributed by atoms with Crippen LogP contribution in [-0.4, -0.2) is 23.3 Å². The van der Waals surface area contributed by atoms with Gasteiger partial charge in [-0.1, -0.05) is 53.2 Å². The van der Waals surface area contributed by atoms with Gasteiger partial charge in [0.2, 0.25) is 0 Å². The standard InChI is InChI=1S/C30H46O3/c1-19(18-31)9-8-10-20(2)21-11-16-30(7)26-22(12-15-29(21,30)6)28(5)14-13-25(33)27(3,4)24(28)17-23(26)32/h9,18,20-21,23-24,32H,8,10-17H2,1-7H3. The number of carbonyl (C=O) groups is 2. The van der Waals surface area contributed by atoms with Crippen LogP contribution in [0.5, 0.6) is 0 Å². The Morgan fingerprint density at radius 1 is 1.12 bits per heavy atom. The van der Waals surface area contributed by atoms with Crippen LogP contribution in [0.2, 0.25) is 0 Å². The Morgan fingerprint density at radius 2 is 1.82 bits per heavy atom. The summed E-state index contributed by atoms with van der Waals surface area (Å²) in [6.45, 7) is 15.9. The summed E-state index contributed by atoms with van der Waals surface area (Å²) in [7, 11) is 0. The summed E-state index contributed by atoms with van der Waals surface area (Å²) >= 11 is 0. The average Bonchev–Trinajstić information content (AvgIpc) is 3.04. The minimum atomic E-state index is -0.417. The molecule has 7 atom stereocenters. The van der Waals surface area contributed by atoms with Crippen molar-refractivity contribution in [3.8, 4) is 0 Å². The van der Waals surface area contributed by atoms with Crippen molar-refractivity contribution in [3.63, 3.8) is 0 Å². The van der Waals surface area contributed by atoms with Gasteiger partial charge < -0.3 is 5.11 Å². The van der Waals surface area contributed by atoms with Crippen molar-refractivity contribution in [3.05, 3.63) is 22.8 Å². The van der Waals surface area contributed by atoms with Crippen molar-refractivity contribution >= 4 is 12.1 Å². The quantitative estimate of drug-likeness (QED) is 0.281. The fourth-order valence-corrected chi connectivity index (χ4v) is 9.23. The molecule has 184 valence electrons. The molecule has 0 aromatic carbocycles. The van der Waals surface area contributed by atoms with E-state index in [-0.39, 0.29) is 27.6 Å². The first kappa shape index (κ1) is 24.9. The zero-order valence-corrected chi connectivity index (χ0v) is 22.1. The molecule has 0 heterocycles. The molecular formula is C30H46O3. The first-order valence-electron chi connectivity index (χ1n) is 13.4. The summed E-state index contributed by atoms with van der Waals surface area (Å²) in [5.74, 6) is 1.85. The number of carbonyl (C=O) groups excluding carboxylic acids is 2. The van der Waals surface area contributed by atoms with Crippen molar-refractivity contribution in [1.82, 2.24) is 0 Å². The minimum absolute atomic E-state index is 0.0348. The van der Waals surface area contributed by atoms with Gasteiger partial charge in [-0.05, 0) is 103 Å². The molecule has 0 aromatic heterocycles. The topological polar surface area (TPSA) is 54.4 Å². The lowest BCUT2D eigenvalue weighted by atomic mass is 9.43. The Morgan fingerprint density at radius 3 is 2.48 bits per heavy atom. The Balaban J connectivity index is 1.68. The van der Waals surface area contributed by atoms with Gasteiger partial charge in [0, 0.05) is 11.8 Å². The first-order chi connectivity index (χ1) is 15.3. The van der Waals surface area contributed by atoms with E-state index in [9.17, 15) is 14.7 Å². The van der Waals surface area contributed by atoms with Crippen LogP contribution in [0.3, 0.4) is 0 Å². The van der Waals surface area contributed by atoms with Crippen molar-refractivity contribution < 1.29 is 14.7 Å². The third-order valence-corrected chi connectivity index (χ3v) is 11.5. The van der Waals surface area contributed by atoms with E-state index in [1.54, 1.807) is 0 Å². The lowest BCUT2D eigenvalue weighted by Crippen LogP contribution is -2.57. The smallest absolute Gasteiger partial charge is 0.145 e. The lowest BCUT2D eigenvalue weighted by molar-refractivity contribution is -0.141. The van der Waals surface area contributed by atoms with Gasteiger partial charge in [-0.2, -0.15) is 0 Å². The molecule has 0 amide bonds. The molecule has 0 bridgehead atoms. The normalized spacial score (nSPS) is 43.6. The van der Waals surface area contributed by atoms with Crippen molar-refractivity contribution in [2.24, 2.45) is 39.4 Å². The monoisotopic (exact) mass is 454 g/mol. The molecule has 4 aliphatic rings. The second-order valence-corrected chi connectivity index (χ2v) is 13.3. The van der Waals surface area contributed by atoms with Crippen LogP contribution in [-0.2, 0) is 9.59 Å². The maximum atomic E-state index is 12.8. The molecule has 0 radical (unpaired) electrons. The number of fused-ring (bicyclic) bond motifs is 4. The van der Waals surface area contributed by atoms with Gasteiger partial charge in [-0.15, -0.1) is 0 Å². The molecule has 0 spiro atoms. The Kier molecular flexibility index (Phi) is 6.17. The van der Waals surface area contributed by atoms with Gasteiger partial charge in [0.1, 0.15) is 12.1 Å². The molecule has 0 saturated heterocycles. The van der Waals surface area contributed by atoms with Gasteiger partial charge in [0.15, 0.2) is 0 Å². The molecule has 4 rings (SSSR count). The second kappa shape index (κ2) is 8.18. The summed E-state index contributed by atoms with van der Waals surface area (Å²) < 4.78 is 0. The van der Waals surface area contributed by atoms with Gasteiger partial charge >= 0.3 is 0 Å². The summed E-state index contributed by atoms with van der Waals surface area (Å²) in [5.41, 5.74) is 3.63. The maximum Gasteiger partial charge on any atom is 0.145 e. The summed E-state index contributed by atoms with van der Waals surface area (Å²) in [6.07, 6.45) is 11.7. The van der Waals surface area contributed by atoms with E-state index in [1.165, 1.54) is 24.0 Å². The van der Waals surface area contributed by atoms with Crippen LogP contribution >= 0.6 is 0 Å². The fraction of sp³-hybridized carbons (Fsp3) is 0.800. The van der Waals surface area contributed by atoms with E-state index in [0.717, 1.165) is 50.4 Å². The SMILES string of the molecule is CC(C=O)=CCCC(C)C1CCC2(C)C3=C(CCC12C)C1(C)CCC(=O)C(C)(C)C1CC3O. The molecule has 2 fully saturated rings. The van der Waals surface area contributed by atoms with Crippen LogP contribution in [0.1, 0.15) is 106 Å². The van der Waals surface area contributed by atoms with E-state index >= 15 is 0 Å². The predicted octanol–water partition coefficient (Wildman–Crippen LogP) is 6.84. The largest absolute Gasteiger partial charge is 0.389 e. The highest BCUT2D eigenvalue weighted by Crippen LogP contribution is 2.72. The number of hydrogen-bond donors (Lipinski definition) is 1. The molecule has 3 heteroatoms. The number of rotatable bonds is 5. The molecule has 1 N–H and O–H groups in total. The first-order valence-corrected chi connectivity index (χ1v) is 13.4. The van der Waals surface area contributed by atoms with E-state index in [1.807, 2.05) is 6.92 Å². The van der Waals surface area contributed by atoms with Crippen LogP contribution in [0.4, 0.5) is 0 Å². The number of ketones is 1. The van der Waals surface area contributed by atoms with Crippen molar-refractivity contribution in [2.75, 3.05) is 0 Å². The zero-order chi connectivity index (χ0) is 24.4. The molecule has 2 saturated carbocycles. The van der Waals surface area contributed by atoms with Gasteiger partial charge in [-0.25, -0.2) is 0 Å². The molecule has 3 nitrogen and oxygen atoms in total. The van der Waals surface area contributed by atoms with Crippen LogP contribution in [0.25, 0.3) is 0 Å². The lowest BCUT2D eigenvalue weighted by Gasteiger charge is -2.61. The van der Waals surface area contributed by atoms with Crippen molar-refractivity contribution in [1.29, 1.82) is 0 Å². The number of aldehydes is 1. The van der Waals surface area contributed by atoms with E-state index in [4.69, 9.17) is 0 Å². The van der Waals surface area contributed by atoms with E-state index in [0.29, 0.717) is 24.0 Å². The highest BCUT2D eigenvalue weighted by atomic mass is 16.3. The number of hydrogen-bond acceptors (Lipinski definition) is 3. The van der Waals surface area contributed by atoms with Crippen LogP contribution < -0.4 is 0 Å². The zero-order valence-electron chi connectivity index (χ0n) is 22.1. The third kappa shape index (κ3) is 3.46. The molecule has 0 aromatic rings. The molecule has 33 heavy (non-hydrogen) atoms. The highest BCUT2D eigenvalue weighted by molar-refractivity contribution is 5.86. The summed E-state index contributed by atoms with van der Waals surface area (Å²) in [5, 5.41) is 11.6. The maximum absolute atomic E-state index is 12.8. The summed E-state index contributed by atoms with van der Waals surface area (Å²) in [6, 6.07) is 0.